The van der Waals surface area contributed by atoms with Crippen LogP contribution in [0.5, 0.6) is 0 Å². The fourth-order valence-corrected chi connectivity index (χ4v) is 0.714. The summed E-state index contributed by atoms with van der Waals surface area (Å²) in [5.74, 6) is -1.23. The minimum absolute atomic E-state index is 0.0718. The lowest BCUT2D eigenvalue weighted by molar-refractivity contribution is -0.157. The fourth-order valence-electron chi connectivity index (χ4n) is 0.714. The molecule has 0 heterocycles. The molecule has 0 spiro atoms. The molecular formula is C6H13NO3. The number of carbonyl (C=O) groups is 1. The van der Waals surface area contributed by atoms with Crippen molar-refractivity contribution < 1.29 is 15.0 Å². The summed E-state index contributed by atoms with van der Waals surface area (Å²) in [6.45, 7) is 2.89. The van der Waals surface area contributed by atoms with Gasteiger partial charge in [0.1, 0.15) is 0 Å². The van der Waals surface area contributed by atoms with Gasteiger partial charge in [0.25, 0.3) is 0 Å². The lowest BCUT2D eigenvalue weighted by Gasteiger charge is -2.19. The summed E-state index contributed by atoms with van der Waals surface area (Å²) in [5, 5.41) is 17.5. The smallest absolute Gasteiger partial charge is 0.335 e. The minimum Gasteiger partial charge on any atom is -0.479 e. The monoisotopic (exact) mass is 147 g/mol. The molecule has 0 fully saturated rings. The average molecular weight is 147 g/mol. The highest BCUT2D eigenvalue weighted by atomic mass is 16.4. The number of hydrogen-bond acceptors (Lipinski definition) is 3. The molecule has 0 rings (SSSR count). The van der Waals surface area contributed by atoms with Crippen molar-refractivity contribution >= 4 is 5.97 Å². The second kappa shape index (κ2) is 2.98. The predicted octanol–water partition coefficient (Wildman–Crippen LogP) is -0.441. The molecule has 0 aromatic carbocycles. The Hall–Kier alpha value is -0.610. The van der Waals surface area contributed by atoms with Crippen LogP contribution < -0.4 is 5.73 Å². The maximum atomic E-state index is 10.3. The highest BCUT2D eigenvalue weighted by molar-refractivity contribution is 5.76. The van der Waals surface area contributed by atoms with E-state index in [2.05, 4.69) is 0 Å². The molecule has 0 aliphatic rings. The summed E-state index contributed by atoms with van der Waals surface area (Å²) in [6, 6.07) is -0.300. The number of nitrogens with two attached hydrogens (primary N) is 1. The van der Waals surface area contributed by atoms with E-state index in [1.54, 1.807) is 6.92 Å². The molecule has 10 heavy (non-hydrogen) atoms. The van der Waals surface area contributed by atoms with Crippen LogP contribution >= 0.6 is 0 Å². The van der Waals surface area contributed by atoms with E-state index in [4.69, 9.17) is 15.9 Å². The van der Waals surface area contributed by atoms with Crippen LogP contribution in [0.4, 0.5) is 0 Å². The molecule has 2 atom stereocenters. The van der Waals surface area contributed by atoms with Gasteiger partial charge in [0.2, 0.25) is 0 Å². The molecule has 4 N–H and O–H groups in total. The van der Waals surface area contributed by atoms with Gasteiger partial charge in [-0.25, -0.2) is 4.79 Å². The molecule has 0 amide bonds. The SMILES string of the molecule is CC(N)CC(C)(O)C(=O)O. The van der Waals surface area contributed by atoms with Crippen molar-refractivity contribution in [1.82, 2.24) is 0 Å². The number of rotatable bonds is 3. The van der Waals surface area contributed by atoms with Crippen molar-refractivity contribution in [2.24, 2.45) is 5.73 Å². The number of carboxylic acid groups (broad SMARTS) is 1. The number of hydrogen-bond donors (Lipinski definition) is 3. The van der Waals surface area contributed by atoms with E-state index in [0.29, 0.717) is 0 Å². The first-order valence-corrected chi connectivity index (χ1v) is 3.07. The highest BCUT2D eigenvalue weighted by Gasteiger charge is 2.30. The summed E-state index contributed by atoms with van der Waals surface area (Å²) >= 11 is 0. The molecule has 0 aliphatic heterocycles. The Labute approximate surface area is 59.7 Å². The molecule has 0 aromatic heterocycles. The van der Waals surface area contributed by atoms with E-state index in [-0.39, 0.29) is 12.5 Å². The Morgan fingerprint density at radius 3 is 2.30 bits per heavy atom. The van der Waals surface area contributed by atoms with Gasteiger partial charge in [-0.15, -0.1) is 0 Å². The Bertz CT molecular complexity index is 131. The van der Waals surface area contributed by atoms with Crippen molar-refractivity contribution in [2.45, 2.75) is 31.9 Å². The van der Waals surface area contributed by atoms with E-state index < -0.39 is 11.6 Å². The zero-order chi connectivity index (χ0) is 8.36. The summed E-state index contributed by atoms with van der Waals surface area (Å²) in [6.07, 6.45) is 0.0718. The van der Waals surface area contributed by atoms with Gasteiger partial charge in [-0.3, -0.25) is 0 Å². The van der Waals surface area contributed by atoms with Crippen LogP contribution in [0.15, 0.2) is 0 Å². The third-order valence-electron chi connectivity index (χ3n) is 1.18. The van der Waals surface area contributed by atoms with Gasteiger partial charge in [-0.2, -0.15) is 0 Å². The van der Waals surface area contributed by atoms with Crippen molar-refractivity contribution in [2.75, 3.05) is 0 Å². The van der Waals surface area contributed by atoms with Gasteiger partial charge >= 0.3 is 5.97 Å². The predicted molar refractivity (Wildman–Crippen MR) is 36.5 cm³/mol. The molecule has 60 valence electrons. The van der Waals surface area contributed by atoms with E-state index in [1.807, 2.05) is 0 Å². The number of carboxylic acids is 1. The fraction of sp³-hybridized carbons (Fsp3) is 0.833. The van der Waals surface area contributed by atoms with Crippen LogP contribution in [0.25, 0.3) is 0 Å². The third-order valence-corrected chi connectivity index (χ3v) is 1.18. The van der Waals surface area contributed by atoms with Crippen LogP contribution in [-0.2, 0) is 4.79 Å². The van der Waals surface area contributed by atoms with E-state index >= 15 is 0 Å². The molecule has 0 saturated carbocycles. The maximum Gasteiger partial charge on any atom is 0.335 e. The average Bonchev–Trinajstić information content (AvgIpc) is 1.60. The topological polar surface area (TPSA) is 83.5 Å². The summed E-state index contributed by atoms with van der Waals surface area (Å²) in [5.41, 5.74) is 3.61. The lowest BCUT2D eigenvalue weighted by Crippen LogP contribution is -2.40. The molecule has 0 saturated heterocycles. The van der Waals surface area contributed by atoms with Crippen molar-refractivity contribution in [3.63, 3.8) is 0 Å². The van der Waals surface area contributed by atoms with Crippen LogP contribution in [0, 0.1) is 0 Å². The van der Waals surface area contributed by atoms with Gasteiger partial charge in [0.05, 0.1) is 0 Å². The van der Waals surface area contributed by atoms with E-state index in [1.165, 1.54) is 6.92 Å². The zero-order valence-electron chi connectivity index (χ0n) is 6.16. The van der Waals surface area contributed by atoms with Crippen LogP contribution in [-0.4, -0.2) is 27.8 Å². The molecule has 0 radical (unpaired) electrons. The highest BCUT2D eigenvalue weighted by Crippen LogP contribution is 2.10. The first kappa shape index (κ1) is 9.39. The maximum absolute atomic E-state index is 10.3. The van der Waals surface area contributed by atoms with Crippen LogP contribution in [0.3, 0.4) is 0 Å². The van der Waals surface area contributed by atoms with Crippen molar-refractivity contribution in [3.8, 4) is 0 Å². The normalized spacial score (nSPS) is 19.6. The Balaban J connectivity index is 4.00. The van der Waals surface area contributed by atoms with Gasteiger partial charge in [-0.1, -0.05) is 0 Å². The Morgan fingerprint density at radius 1 is 1.80 bits per heavy atom. The minimum atomic E-state index is -1.69. The van der Waals surface area contributed by atoms with Crippen LogP contribution in [0.2, 0.25) is 0 Å². The van der Waals surface area contributed by atoms with Crippen molar-refractivity contribution in [1.29, 1.82) is 0 Å². The summed E-state index contributed by atoms with van der Waals surface area (Å²) in [4.78, 5) is 10.3. The van der Waals surface area contributed by atoms with Gasteiger partial charge in [-0.05, 0) is 13.8 Å². The third kappa shape index (κ3) is 2.80. The number of aliphatic carboxylic acids is 1. The quantitative estimate of drug-likeness (QED) is 0.505. The van der Waals surface area contributed by atoms with Gasteiger partial charge < -0.3 is 15.9 Å². The molecule has 4 nitrogen and oxygen atoms in total. The van der Waals surface area contributed by atoms with E-state index in [0.717, 1.165) is 0 Å². The molecule has 2 unspecified atom stereocenters. The summed E-state index contributed by atoms with van der Waals surface area (Å²) < 4.78 is 0. The van der Waals surface area contributed by atoms with Gasteiger partial charge in [0.15, 0.2) is 5.60 Å². The first-order chi connectivity index (χ1) is 4.36. The molecule has 0 aromatic rings. The van der Waals surface area contributed by atoms with E-state index in [9.17, 15) is 4.79 Å². The largest absolute Gasteiger partial charge is 0.479 e. The number of aliphatic hydroxyl groups is 1. The lowest BCUT2D eigenvalue weighted by atomic mass is 9.99. The Morgan fingerprint density at radius 2 is 2.20 bits per heavy atom. The molecule has 0 bridgehead atoms. The molecular weight excluding hydrogens is 134 g/mol. The molecule has 4 heteroatoms. The molecule has 0 aliphatic carbocycles. The first-order valence-electron chi connectivity index (χ1n) is 3.07. The second-order valence-electron chi connectivity index (χ2n) is 2.76. The standard InChI is InChI=1S/C6H13NO3/c1-4(7)3-6(2,10)5(8)9/h4,10H,3,7H2,1-2H3,(H,8,9). The van der Waals surface area contributed by atoms with Gasteiger partial charge in [0, 0.05) is 12.5 Å². The van der Waals surface area contributed by atoms with Crippen LogP contribution in [0.1, 0.15) is 20.3 Å². The zero-order valence-corrected chi connectivity index (χ0v) is 6.16. The Kier molecular flexibility index (Phi) is 2.80. The second-order valence-corrected chi connectivity index (χ2v) is 2.76. The summed E-state index contributed by atoms with van der Waals surface area (Å²) in [7, 11) is 0. The van der Waals surface area contributed by atoms with Crippen molar-refractivity contribution in [3.05, 3.63) is 0 Å².